The lowest BCUT2D eigenvalue weighted by Crippen LogP contribution is -2.31. The third kappa shape index (κ3) is 3.74. The summed E-state index contributed by atoms with van der Waals surface area (Å²) in [6.45, 7) is 3.67. The molecule has 0 bridgehead atoms. The van der Waals surface area contributed by atoms with E-state index in [1.165, 1.54) is 0 Å². The molecule has 0 unspecified atom stereocenters. The van der Waals surface area contributed by atoms with Crippen LogP contribution >= 0.6 is 0 Å². The molecule has 9 heteroatoms. The van der Waals surface area contributed by atoms with E-state index in [2.05, 4.69) is 26.2 Å². The number of pyridine rings is 3. The summed E-state index contributed by atoms with van der Waals surface area (Å²) in [6.07, 6.45) is 6.85. The topological polar surface area (TPSA) is 142 Å². The number of aromatic amines is 1. The van der Waals surface area contributed by atoms with Crippen molar-refractivity contribution in [1.82, 2.24) is 25.1 Å². The number of fused-ring (bicyclic) bond motifs is 1. The van der Waals surface area contributed by atoms with E-state index in [1.807, 2.05) is 44.3 Å². The molecular weight excluding hydrogens is 504 g/mol. The van der Waals surface area contributed by atoms with Crippen molar-refractivity contribution in [3.63, 3.8) is 0 Å². The van der Waals surface area contributed by atoms with Gasteiger partial charge in [-0.05, 0) is 55.8 Å². The molecule has 5 heterocycles. The first-order chi connectivity index (χ1) is 19.5. The van der Waals surface area contributed by atoms with Crippen LogP contribution in [-0.2, 0) is 5.41 Å². The average Bonchev–Trinajstić information content (AvgIpc) is 3.57. The minimum absolute atomic E-state index is 0.187. The molecule has 5 aromatic heterocycles. The molecule has 2 N–H and O–H groups in total. The minimum atomic E-state index is -1.44. The Kier molecular flexibility index (Phi) is 5.93. The minimum Gasteiger partial charge on any atom is -0.478 e. The lowest BCUT2D eigenvalue weighted by Gasteiger charge is -2.29. The Labute approximate surface area is 228 Å². The fraction of sp³-hybridized carbons (Fsp3) is 0.0968. The second-order valence-electron chi connectivity index (χ2n) is 9.35. The number of hydrogen-bond acceptors (Lipinski definition) is 7. The van der Waals surface area contributed by atoms with E-state index in [4.69, 9.17) is 9.51 Å². The molecule has 0 fully saturated rings. The standard InChI is InChI=1S/C31H22N6O3/c1-18-26(19(2)40-37-18)23-16-35-28-22(20-9-11-21(12-10-20)30(38)39)15-36-29(28)27(23)31(17-32,24-7-3-5-13-33-24)25-8-4-6-14-34-25/h3-16,36H,1-2H3,(H,38,39). The summed E-state index contributed by atoms with van der Waals surface area (Å²) in [5.41, 5.74) is 5.17. The monoisotopic (exact) mass is 526 g/mol. The molecule has 40 heavy (non-hydrogen) atoms. The molecule has 1 aromatic carbocycles. The Morgan fingerprint density at radius 1 is 0.950 bits per heavy atom. The fourth-order valence-electron chi connectivity index (χ4n) is 5.25. The smallest absolute Gasteiger partial charge is 0.335 e. The first-order valence-electron chi connectivity index (χ1n) is 12.5. The molecule has 0 atom stereocenters. The molecule has 0 aliphatic carbocycles. The van der Waals surface area contributed by atoms with E-state index in [0.717, 1.165) is 16.7 Å². The first kappa shape index (κ1) is 24.7. The molecule has 0 saturated carbocycles. The van der Waals surface area contributed by atoms with Crippen LogP contribution in [0.5, 0.6) is 0 Å². The molecule has 0 amide bonds. The van der Waals surface area contributed by atoms with Crippen molar-refractivity contribution in [2.45, 2.75) is 19.3 Å². The third-order valence-corrected chi connectivity index (χ3v) is 7.08. The highest BCUT2D eigenvalue weighted by Crippen LogP contribution is 2.46. The Morgan fingerprint density at radius 2 is 1.62 bits per heavy atom. The number of aromatic carboxylic acids is 1. The summed E-state index contributed by atoms with van der Waals surface area (Å²) in [4.78, 5) is 28.9. The van der Waals surface area contributed by atoms with Gasteiger partial charge in [0.05, 0.1) is 39.7 Å². The summed E-state index contributed by atoms with van der Waals surface area (Å²) < 4.78 is 5.53. The van der Waals surface area contributed by atoms with Crippen molar-refractivity contribution in [3.05, 3.63) is 119 Å². The third-order valence-electron chi connectivity index (χ3n) is 7.08. The number of rotatable bonds is 6. The Hall–Kier alpha value is -5.62. The molecule has 6 aromatic rings. The summed E-state index contributed by atoms with van der Waals surface area (Å²) in [6, 6.07) is 20.1. The number of hydrogen-bond donors (Lipinski definition) is 2. The average molecular weight is 527 g/mol. The SMILES string of the molecule is Cc1noc(C)c1-c1cnc2c(-c3ccc(C(=O)O)cc3)c[nH]c2c1C(C#N)(c1ccccn1)c1ccccn1. The predicted octanol–water partition coefficient (Wildman–Crippen LogP) is 5.85. The van der Waals surface area contributed by atoms with Gasteiger partial charge >= 0.3 is 5.97 Å². The lowest BCUT2D eigenvalue weighted by molar-refractivity contribution is 0.0697. The van der Waals surface area contributed by atoms with Gasteiger partial charge in [-0.3, -0.25) is 15.0 Å². The van der Waals surface area contributed by atoms with Gasteiger partial charge in [0.1, 0.15) is 5.76 Å². The van der Waals surface area contributed by atoms with Crippen LogP contribution < -0.4 is 0 Å². The van der Waals surface area contributed by atoms with E-state index in [-0.39, 0.29) is 5.56 Å². The van der Waals surface area contributed by atoms with Crippen molar-refractivity contribution >= 4 is 17.0 Å². The molecule has 0 saturated heterocycles. The first-order valence-corrected chi connectivity index (χ1v) is 12.5. The summed E-state index contributed by atoms with van der Waals surface area (Å²) >= 11 is 0. The number of H-pyrrole nitrogens is 1. The highest BCUT2D eigenvalue weighted by molar-refractivity contribution is 5.99. The van der Waals surface area contributed by atoms with Crippen LogP contribution in [0.1, 0.15) is 38.8 Å². The number of carbonyl (C=O) groups is 1. The van der Waals surface area contributed by atoms with E-state index in [1.54, 1.807) is 55.0 Å². The highest BCUT2D eigenvalue weighted by Gasteiger charge is 2.44. The van der Waals surface area contributed by atoms with Crippen molar-refractivity contribution in [3.8, 4) is 28.3 Å². The molecular formula is C31H22N6O3. The number of nitriles is 1. The van der Waals surface area contributed by atoms with Crippen LogP contribution in [0.25, 0.3) is 33.3 Å². The lowest BCUT2D eigenvalue weighted by atomic mass is 9.72. The molecule has 0 radical (unpaired) electrons. The Morgan fingerprint density at radius 3 is 2.15 bits per heavy atom. The Bertz CT molecular complexity index is 1840. The zero-order valence-corrected chi connectivity index (χ0v) is 21.6. The number of nitrogens with one attached hydrogen (secondary N) is 1. The number of carboxylic acid groups (broad SMARTS) is 1. The summed E-state index contributed by atoms with van der Waals surface area (Å²) in [5.74, 6) is -0.413. The van der Waals surface area contributed by atoms with Gasteiger partial charge in [0.25, 0.3) is 0 Å². The predicted molar refractivity (Wildman–Crippen MR) is 147 cm³/mol. The normalized spacial score (nSPS) is 11.4. The molecule has 6 rings (SSSR count). The van der Waals surface area contributed by atoms with Gasteiger partial charge in [0.2, 0.25) is 0 Å². The van der Waals surface area contributed by atoms with Crippen molar-refractivity contribution in [2.75, 3.05) is 0 Å². The highest BCUT2D eigenvalue weighted by atomic mass is 16.5. The number of nitrogens with zero attached hydrogens (tertiary/aromatic N) is 5. The second kappa shape index (κ2) is 9.60. The van der Waals surface area contributed by atoms with Gasteiger partial charge < -0.3 is 14.6 Å². The van der Waals surface area contributed by atoms with Gasteiger partial charge in [-0.25, -0.2) is 4.79 Å². The van der Waals surface area contributed by atoms with Gasteiger partial charge in [0, 0.05) is 47.0 Å². The van der Waals surface area contributed by atoms with E-state index in [0.29, 0.717) is 45.0 Å². The Balaban J connectivity index is 1.74. The van der Waals surface area contributed by atoms with Crippen LogP contribution in [0.2, 0.25) is 0 Å². The van der Waals surface area contributed by atoms with Crippen molar-refractivity contribution < 1.29 is 14.4 Å². The van der Waals surface area contributed by atoms with Crippen LogP contribution in [0.15, 0.2) is 90.0 Å². The maximum absolute atomic E-state index is 11.4. The van der Waals surface area contributed by atoms with E-state index < -0.39 is 11.4 Å². The molecule has 0 aliphatic rings. The number of benzene rings is 1. The molecule has 0 spiro atoms. The fourth-order valence-corrected chi connectivity index (χ4v) is 5.25. The largest absolute Gasteiger partial charge is 0.478 e. The van der Waals surface area contributed by atoms with Crippen LogP contribution in [-0.4, -0.2) is 36.2 Å². The van der Waals surface area contributed by atoms with Crippen molar-refractivity contribution in [1.29, 1.82) is 5.26 Å². The maximum Gasteiger partial charge on any atom is 0.335 e. The number of aryl methyl sites for hydroxylation is 2. The number of aromatic nitrogens is 5. The zero-order chi connectivity index (χ0) is 27.9. The zero-order valence-electron chi connectivity index (χ0n) is 21.6. The van der Waals surface area contributed by atoms with Gasteiger partial charge in [-0.15, -0.1) is 0 Å². The van der Waals surface area contributed by atoms with Gasteiger partial charge in [0.15, 0.2) is 5.41 Å². The molecule has 194 valence electrons. The van der Waals surface area contributed by atoms with Crippen LogP contribution in [0.4, 0.5) is 0 Å². The van der Waals surface area contributed by atoms with Crippen LogP contribution in [0, 0.1) is 25.2 Å². The molecule has 9 nitrogen and oxygen atoms in total. The van der Waals surface area contributed by atoms with Gasteiger partial charge in [-0.2, -0.15) is 5.26 Å². The van der Waals surface area contributed by atoms with E-state index >= 15 is 0 Å². The van der Waals surface area contributed by atoms with Gasteiger partial charge in [-0.1, -0.05) is 29.4 Å². The molecule has 0 aliphatic heterocycles. The summed E-state index contributed by atoms with van der Waals surface area (Å²) in [7, 11) is 0. The van der Waals surface area contributed by atoms with E-state index in [9.17, 15) is 15.2 Å². The van der Waals surface area contributed by atoms with Crippen molar-refractivity contribution in [2.24, 2.45) is 0 Å². The summed E-state index contributed by atoms with van der Waals surface area (Å²) in [5, 5.41) is 24.6. The number of carboxylic acids is 1. The maximum atomic E-state index is 11.4. The quantitative estimate of drug-likeness (QED) is 0.275. The van der Waals surface area contributed by atoms with Crippen LogP contribution in [0.3, 0.4) is 0 Å². The second-order valence-corrected chi connectivity index (χ2v) is 9.35.